The molecule has 0 aliphatic carbocycles. The van der Waals surface area contributed by atoms with E-state index >= 15 is 0 Å². The van der Waals surface area contributed by atoms with E-state index in [4.69, 9.17) is 10.5 Å². The molecular weight excluding hydrogens is 384 g/mol. The number of pyridine rings is 1. The Morgan fingerprint density at radius 1 is 0.903 bits per heavy atom. The van der Waals surface area contributed by atoms with E-state index in [1.807, 2.05) is 73.8 Å². The molecule has 0 radical (unpaired) electrons. The van der Waals surface area contributed by atoms with Gasteiger partial charge in [0.1, 0.15) is 12.2 Å². The first-order chi connectivity index (χ1) is 15.2. The fourth-order valence-electron chi connectivity index (χ4n) is 3.76. The molecule has 0 aliphatic heterocycles. The Kier molecular flexibility index (Phi) is 6.39. The predicted molar refractivity (Wildman–Crippen MR) is 124 cm³/mol. The molecule has 4 aromatic rings. The molecule has 4 nitrogen and oxygen atoms in total. The van der Waals surface area contributed by atoms with E-state index in [2.05, 4.69) is 29.2 Å². The van der Waals surface area contributed by atoms with Gasteiger partial charge in [-0.05, 0) is 35.2 Å². The molecular formula is C27H26N2O2. The maximum absolute atomic E-state index is 11.9. The molecule has 2 unspecified atom stereocenters. The molecule has 0 spiro atoms. The SMILES string of the molecule is CCCC(OC(c1ccccc1)c1ccc(-c2cnc3ccccc3c2)cc1)C(N)=O. The van der Waals surface area contributed by atoms with Crippen LogP contribution in [0.1, 0.15) is 37.0 Å². The van der Waals surface area contributed by atoms with Crippen LogP contribution in [0.3, 0.4) is 0 Å². The number of carbonyl (C=O) groups is 1. The summed E-state index contributed by atoms with van der Waals surface area (Å²) in [6, 6.07) is 28.4. The van der Waals surface area contributed by atoms with E-state index in [9.17, 15) is 4.79 Å². The first kappa shape index (κ1) is 20.8. The first-order valence-electron chi connectivity index (χ1n) is 10.6. The third kappa shape index (κ3) is 4.81. The van der Waals surface area contributed by atoms with Gasteiger partial charge in [0.15, 0.2) is 0 Å². The van der Waals surface area contributed by atoms with Gasteiger partial charge in [-0.15, -0.1) is 0 Å². The van der Waals surface area contributed by atoms with E-state index in [0.717, 1.165) is 39.6 Å². The van der Waals surface area contributed by atoms with Gasteiger partial charge in [-0.2, -0.15) is 0 Å². The number of ether oxygens (including phenoxy) is 1. The van der Waals surface area contributed by atoms with Crippen LogP contribution in [0.4, 0.5) is 0 Å². The number of rotatable bonds is 8. The summed E-state index contributed by atoms with van der Waals surface area (Å²) >= 11 is 0. The van der Waals surface area contributed by atoms with Crippen molar-refractivity contribution in [2.45, 2.75) is 32.0 Å². The second-order valence-corrected chi connectivity index (χ2v) is 7.65. The van der Waals surface area contributed by atoms with Crippen molar-refractivity contribution in [2.24, 2.45) is 5.73 Å². The molecule has 156 valence electrons. The second kappa shape index (κ2) is 9.54. The lowest BCUT2D eigenvalue weighted by Gasteiger charge is -2.24. The Balaban J connectivity index is 1.66. The molecule has 31 heavy (non-hydrogen) atoms. The summed E-state index contributed by atoms with van der Waals surface area (Å²) in [6.07, 6.45) is 2.32. The van der Waals surface area contributed by atoms with Crippen molar-refractivity contribution in [1.82, 2.24) is 4.98 Å². The predicted octanol–water partition coefficient (Wildman–Crippen LogP) is 5.66. The molecule has 1 aromatic heterocycles. The maximum atomic E-state index is 11.9. The number of fused-ring (bicyclic) bond motifs is 1. The number of para-hydroxylation sites is 1. The van der Waals surface area contributed by atoms with Gasteiger partial charge in [0.2, 0.25) is 5.91 Å². The molecule has 4 heteroatoms. The summed E-state index contributed by atoms with van der Waals surface area (Å²) in [4.78, 5) is 16.5. The van der Waals surface area contributed by atoms with Gasteiger partial charge in [-0.1, -0.05) is 86.1 Å². The fraction of sp³-hybridized carbons (Fsp3) is 0.185. The number of hydrogen-bond acceptors (Lipinski definition) is 3. The molecule has 2 N–H and O–H groups in total. The summed E-state index contributed by atoms with van der Waals surface area (Å²) in [5, 5.41) is 1.11. The molecule has 0 fully saturated rings. The number of aromatic nitrogens is 1. The number of benzene rings is 3. The topological polar surface area (TPSA) is 65.2 Å². The fourth-order valence-corrected chi connectivity index (χ4v) is 3.76. The molecule has 4 rings (SSSR count). The zero-order valence-corrected chi connectivity index (χ0v) is 17.6. The number of nitrogens with two attached hydrogens (primary N) is 1. The highest BCUT2D eigenvalue weighted by Crippen LogP contribution is 2.31. The quantitative estimate of drug-likeness (QED) is 0.407. The highest BCUT2D eigenvalue weighted by molar-refractivity contribution is 5.83. The van der Waals surface area contributed by atoms with Crippen LogP contribution < -0.4 is 5.73 Å². The van der Waals surface area contributed by atoms with Crippen molar-refractivity contribution in [3.63, 3.8) is 0 Å². The van der Waals surface area contributed by atoms with Crippen molar-refractivity contribution in [3.8, 4) is 11.1 Å². The highest BCUT2D eigenvalue weighted by atomic mass is 16.5. The second-order valence-electron chi connectivity index (χ2n) is 7.65. The van der Waals surface area contributed by atoms with E-state index < -0.39 is 12.0 Å². The van der Waals surface area contributed by atoms with Gasteiger partial charge >= 0.3 is 0 Å². The van der Waals surface area contributed by atoms with Gasteiger partial charge in [0.25, 0.3) is 0 Å². The lowest BCUT2D eigenvalue weighted by molar-refractivity contribution is -0.132. The minimum absolute atomic E-state index is 0.367. The minimum atomic E-state index is -0.625. The van der Waals surface area contributed by atoms with Crippen molar-refractivity contribution in [3.05, 3.63) is 102 Å². The summed E-state index contributed by atoms with van der Waals surface area (Å²) < 4.78 is 6.24. The number of amides is 1. The van der Waals surface area contributed by atoms with Gasteiger partial charge in [-0.3, -0.25) is 9.78 Å². The highest BCUT2D eigenvalue weighted by Gasteiger charge is 2.23. The van der Waals surface area contributed by atoms with Gasteiger partial charge in [-0.25, -0.2) is 0 Å². The van der Waals surface area contributed by atoms with Crippen LogP contribution in [-0.2, 0) is 9.53 Å². The zero-order chi connectivity index (χ0) is 21.6. The Bertz CT molecular complexity index is 1160. The van der Waals surface area contributed by atoms with Crippen molar-refractivity contribution < 1.29 is 9.53 Å². The first-order valence-corrected chi connectivity index (χ1v) is 10.6. The summed E-state index contributed by atoms with van der Waals surface area (Å²) in [5.74, 6) is -0.429. The van der Waals surface area contributed by atoms with E-state index in [0.29, 0.717) is 6.42 Å². The average Bonchev–Trinajstić information content (AvgIpc) is 2.82. The number of nitrogens with zero attached hydrogens (tertiary/aromatic N) is 1. The van der Waals surface area contributed by atoms with Crippen molar-refractivity contribution in [2.75, 3.05) is 0 Å². The van der Waals surface area contributed by atoms with Gasteiger partial charge in [0, 0.05) is 17.1 Å². The molecule has 0 saturated carbocycles. The third-order valence-corrected chi connectivity index (χ3v) is 5.41. The van der Waals surface area contributed by atoms with Crippen LogP contribution in [0, 0.1) is 0 Å². The molecule has 2 atom stereocenters. The lowest BCUT2D eigenvalue weighted by atomic mass is 9.97. The average molecular weight is 411 g/mol. The molecule has 3 aromatic carbocycles. The van der Waals surface area contributed by atoms with Gasteiger partial charge < -0.3 is 10.5 Å². The van der Waals surface area contributed by atoms with Crippen LogP contribution in [0.5, 0.6) is 0 Å². The smallest absolute Gasteiger partial charge is 0.246 e. The Hall–Kier alpha value is -3.50. The monoisotopic (exact) mass is 410 g/mol. The molecule has 0 saturated heterocycles. The van der Waals surface area contributed by atoms with Crippen LogP contribution in [-0.4, -0.2) is 17.0 Å². The van der Waals surface area contributed by atoms with Crippen LogP contribution in [0.2, 0.25) is 0 Å². The van der Waals surface area contributed by atoms with Crippen molar-refractivity contribution >= 4 is 16.8 Å². The third-order valence-electron chi connectivity index (χ3n) is 5.41. The summed E-state index contributed by atoms with van der Waals surface area (Å²) in [6.45, 7) is 2.02. The van der Waals surface area contributed by atoms with E-state index in [1.54, 1.807) is 0 Å². The standard InChI is InChI=1S/C27H26N2O2/c1-2-8-25(27(28)30)31-26(20-9-4-3-5-10-20)21-15-13-19(14-16-21)23-17-22-11-6-7-12-24(22)29-18-23/h3-7,9-18,25-26H,2,8H2,1H3,(H2,28,30). The number of hydrogen-bond donors (Lipinski definition) is 1. The summed E-state index contributed by atoms with van der Waals surface area (Å²) in [7, 11) is 0. The normalized spacial score (nSPS) is 13.1. The lowest BCUT2D eigenvalue weighted by Crippen LogP contribution is -2.32. The molecule has 1 amide bonds. The Labute approximate surface area is 182 Å². The van der Waals surface area contributed by atoms with Crippen LogP contribution in [0.25, 0.3) is 22.0 Å². The van der Waals surface area contributed by atoms with E-state index in [-0.39, 0.29) is 6.10 Å². The van der Waals surface area contributed by atoms with Gasteiger partial charge in [0.05, 0.1) is 5.52 Å². The number of carbonyl (C=O) groups excluding carboxylic acids is 1. The largest absolute Gasteiger partial charge is 0.367 e. The van der Waals surface area contributed by atoms with E-state index in [1.165, 1.54) is 0 Å². The molecule has 1 heterocycles. The van der Waals surface area contributed by atoms with Crippen LogP contribution in [0.15, 0.2) is 91.1 Å². The molecule has 0 bridgehead atoms. The van der Waals surface area contributed by atoms with Crippen molar-refractivity contribution in [1.29, 1.82) is 0 Å². The molecule has 0 aliphatic rings. The number of primary amides is 1. The maximum Gasteiger partial charge on any atom is 0.246 e. The minimum Gasteiger partial charge on any atom is -0.367 e. The Morgan fingerprint density at radius 2 is 1.58 bits per heavy atom. The Morgan fingerprint density at radius 3 is 2.29 bits per heavy atom. The summed E-state index contributed by atoms with van der Waals surface area (Å²) in [5.41, 5.74) is 10.7. The zero-order valence-electron chi connectivity index (χ0n) is 17.6. The van der Waals surface area contributed by atoms with Crippen LogP contribution >= 0.6 is 0 Å².